The van der Waals surface area contributed by atoms with E-state index in [1.807, 2.05) is 0 Å². The minimum Gasteiger partial charge on any atom is -0.330 e. The summed E-state index contributed by atoms with van der Waals surface area (Å²) in [5.74, 6) is -0.828. The molecule has 5 heteroatoms. The molecule has 0 bridgehead atoms. The summed E-state index contributed by atoms with van der Waals surface area (Å²) in [6.07, 6.45) is -0.231. The van der Waals surface area contributed by atoms with Gasteiger partial charge < -0.3 is 5.73 Å². The van der Waals surface area contributed by atoms with E-state index in [1.54, 1.807) is 0 Å². The Bertz CT molecular complexity index is 293. The van der Waals surface area contributed by atoms with Gasteiger partial charge in [0.2, 0.25) is 5.95 Å². The lowest BCUT2D eigenvalue weighted by molar-refractivity contribution is 0.314. The molecule has 0 amide bonds. The summed E-state index contributed by atoms with van der Waals surface area (Å²) in [5, 5.41) is 0.219. The quantitative estimate of drug-likeness (QED) is 0.771. The lowest BCUT2D eigenvalue weighted by Gasteiger charge is -2.07. The van der Waals surface area contributed by atoms with Crippen LogP contribution in [-0.2, 0) is 0 Å². The highest BCUT2D eigenvalue weighted by Crippen LogP contribution is 2.24. The van der Waals surface area contributed by atoms with Gasteiger partial charge in [0.15, 0.2) is 0 Å². The minimum absolute atomic E-state index is 0.0684. The van der Waals surface area contributed by atoms with Crippen molar-refractivity contribution in [2.24, 2.45) is 5.73 Å². The molecule has 0 saturated heterocycles. The Morgan fingerprint density at radius 3 is 2.92 bits per heavy atom. The van der Waals surface area contributed by atoms with E-state index in [9.17, 15) is 8.78 Å². The smallest absolute Gasteiger partial charge is 0.219 e. The molecule has 72 valence electrons. The van der Waals surface area contributed by atoms with E-state index >= 15 is 0 Å². The van der Waals surface area contributed by atoms with Crippen LogP contribution in [0.15, 0.2) is 12.3 Å². The molecule has 0 aromatic carbocycles. The first kappa shape index (κ1) is 10.3. The minimum atomic E-state index is -1.43. The molecule has 1 aromatic heterocycles. The Morgan fingerprint density at radius 1 is 1.62 bits per heavy atom. The normalized spacial score (nSPS) is 12.9. The molecule has 1 atom stereocenters. The van der Waals surface area contributed by atoms with Gasteiger partial charge in [-0.3, -0.25) is 0 Å². The van der Waals surface area contributed by atoms with Crippen molar-refractivity contribution in [2.75, 3.05) is 6.54 Å². The molecule has 0 saturated carbocycles. The van der Waals surface area contributed by atoms with E-state index in [0.29, 0.717) is 0 Å². The van der Waals surface area contributed by atoms with Crippen molar-refractivity contribution in [3.8, 4) is 0 Å². The second-order valence-corrected chi connectivity index (χ2v) is 3.01. The summed E-state index contributed by atoms with van der Waals surface area (Å²) < 4.78 is 26.1. The summed E-state index contributed by atoms with van der Waals surface area (Å²) in [5.41, 5.74) is 5.01. The van der Waals surface area contributed by atoms with Gasteiger partial charge in [-0.1, -0.05) is 11.6 Å². The molecule has 1 heterocycles. The first-order chi connectivity index (χ1) is 6.15. The second-order valence-electron chi connectivity index (χ2n) is 2.58. The van der Waals surface area contributed by atoms with Crippen LogP contribution < -0.4 is 5.73 Å². The van der Waals surface area contributed by atoms with Crippen LogP contribution in [0.2, 0.25) is 5.02 Å². The lowest BCUT2D eigenvalue weighted by Crippen LogP contribution is -2.06. The number of alkyl halides is 1. The van der Waals surface area contributed by atoms with Crippen molar-refractivity contribution in [3.05, 3.63) is 28.8 Å². The van der Waals surface area contributed by atoms with Crippen LogP contribution in [0.3, 0.4) is 0 Å². The summed E-state index contributed by atoms with van der Waals surface area (Å²) in [4.78, 5) is 3.30. The number of nitrogens with two attached hydrogens (primary N) is 1. The number of nitrogens with zero attached hydrogens (tertiary/aromatic N) is 1. The van der Waals surface area contributed by atoms with Gasteiger partial charge >= 0.3 is 0 Å². The van der Waals surface area contributed by atoms with E-state index in [2.05, 4.69) is 4.98 Å². The summed E-state index contributed by atoms with van der Waals surface area (Å²) in [7, 11) is 0. The molecule has 0 aliphatic carbocycles. The molecule has 0 aliphatic heterocycles. The molecule has 1 rings (SSSR count). The third-order valence-corrected chi connectivity index (χ3v) is 1.80. The molecule has 2 nitrogen and oxygen atoms in total. The second kappa shape index (κ2) is 4.48. The molecule has 0 radical (unpaired) electrons. The largest absolute Gasteiger partial charge is 0.330 e. The Hall–Kier alpha value is -0.740. The van der Waals surface area contributed by atoms with Gasteiger partial charge in [0.05, 0.1) is 5.02 Å². The highest BCUT2D eigenvalue weighted by molar-refractivity contribution is 6.30. The highest BCUT2D eigenvalue weighted by atomic mass is 35.5. The van der Waals surface area contributed by atoms with E-state index in [-0.39, 0.29) is 23.6 Å². The van der Waals surface area contributed by atoms with Crippen LogP contribution in [0.5, 0.6) is 0 Å². The molecule has 0 aliphatic rings. The molecule has 2 N–H and O–H groups in total. The number of halogens is 3. The summed E-state index contributed by atoms with van der Waals surface area (Å²) >= 11 is 5.53. The number of pyridine rings is 1. The van der Waals surface area contributed by atoms with Crippen molar-refractivity contribution < 1.29 is 8.78 Å². The SMILES string of the molecule is NCCC(F)c1cc(Cl)cnc1F. The number of hydrogen-bond donors (Lipinski definition) is 1. The van der Waals surface area contributed by atoms with Crippen LogP contribution >= 0.6 is 11.6 Å². The van der Waals surface area contributed by atoms with E-state index in [0.717, 1.165) is 6.20 Å². The fourth-order valence-corrected chi connectivity index (χ4v) is 1.13. The van der Waals surface area contributed by atoms with Gasteiger partial charge in [0.25, 0.3) is 0 Å². The van der Waals surface area contributed by atoms with E-state index in [4.69, 9.17) is 17.3 Å². The molecule has 13 heavy (non-hydrogen) atoms. The average molecular weight is 207 g/mol. The Balaban J connectivity index is 2.91. The van der Waals surface area contributed by atoms with Crippen molar-refractivity contribution in [3.63, 3.8) is 0 Å². The zero-order chi connectivity index (χ0) is 9.84. The van der Waals surface area contributed by atoms with Gasteiger partial charge in [0, 0.05) is 11.8 Å². The number of rotatable bonds is 3. The maximum absolute atomic E-state index is 13.2. The first-order valence-corrected chi connectivity index (χ1v) is 4.18. The summed E-state index contributed by atoms with van der Waals surface area (Å²) in [6, 6.07) is 1.23. The third-order valence-electron chi connectivity index (χ3n) is 1.59. The predicted octanol–water partition coefficient (Wildman–Crippen LogP) is 2.23. The average Bonchev–Trinajstić information content (AvgIpc) is 2.09. The first-order valence-electron chi connectivity index (χ1n) is 3.80. The standard InChI is InChI=1S/C8H9ClF2N2/c9-5-3-6(7(10)1-2-12)8(11)13-4-5/h3-4,7H,1-2,12H2. The molecule has 1 unspecified atom stereocenters. The molecule has 0 spiro atoms. The van der Waals surface area contributed by atoms with Crippen LogP contribution in [0.4, 0.5) is 8.78 Å². The van der Waals surface area contributed by atoms with Crippen molar-refractivity contribution in [2.45, 2.75) is 12.6 Å². The topological polar surface area (TPSA) is 38.9 Å². The summed E-state index contributed by atoms with van der Waals surface area (Å²) in [6.45, 7) is 0.160. The predicted molar refractivity (Wildman–Crippen MR) is 46.7 cm³/mol. The molecular weight excluding hydrogens is 198 g/mol. The fraction of sp³-hybridized carbons (Fsp3) is 0.375. The van der Waals surface area contributed by atoms with Crippen molar-refractivity contribution >= 4 is 11.6 Å². The molecule has 1 aromatic rings. The highest BCUT2D eigenvalue weighted by Gasteiger charge is 2.15. The van der Waals surface area contributed by atoms with E-state index < -0.39 is 12.1 Å². The van der Waals surface area contributed by atoms with Gasteiger partial charge in [-0.2, -0.15) is 4.39 Å². The monoisotopic (exact) mass is 206 g/mol. The third kappa shape index (κ3) is 2.60. The fourth-order valence-electron chi connectivity index (χ4n) is 0.960. The Labute approximate surface area is 79.7 Å². The Morgan fingerprint density at radius 2 is 2.31 bits per heavy atom. The van der Waals surface area contributed by atoms with Crippen molar-refractivity contribution in [1.29, 1.82) is 0 Å². The lowest BCUT2D eigenvalue weighted by atomic mass is 10.1. The number of aromatic nitrogens is 1. The van der Waals surface area contributed by atoms with Crippen molar-refractivity contribution in [1.82, 2.24) is 4.98 Å². The van der Waals surface area contributed by atoms with Crippen LogP contribution in [0, 0.1) is 5.95 Å². The maximum atomic E-state index is 13.2. The molecule has 0 fully saturated rings. The van der Waals surface area contributed by atoms with E-state index in [1.165, 1.54) is 6.07 Å². The maximum Gasteiger partial charge on any atom is 0.219 e. The zero-order valence-electron chi connectivity index (χ0n) is 6.80. The van der Waals surface area contributed by atoms with Crippen LogP contribution in [-0.4, -0.2) is 11.5 Å². The number of hydrogen-bond acceptors (Lipinski definition) is 2. The van der Waals surface area contributed by atoms with Crippen LogP contribution in [0.1, 0.15) is 18.2 Å². The van der Waals surface area contributed by atoms with Gasteiger partial charge in [-0.15, -0.1) is 0 Å². The molecular formula is C8H9ClF2N2. The van der Waals surface area contributed by atoms with Gasteiger partial charge in [0.1, 0.15) is 6.17 Å². The zero-order valence-corrected chi connectivity index (χ0v) is 7.56. The van der Waals surface area contributed by atoms with Gasteiger partial charge in [-0.25, -0.2) is 9.37 Å². The van der Waals surface area contributed by atoms with Crippen LogP contribution in [0.25, 0.3) is 0 Å². The van der Waals surface area contributed by atoms with Gasteiger partial charge in [-0.05, 0) is 19.0 Å². The Kier molecular flexibility index (Phi) is 3.57.